The molecule has 1 N–H and O–H groups in total. The van der Waals surface area contributed by atoms with E-state index in [2.05, 4.69) is 10.3 Å². The zero-order valence-corrected chi connectivity index (χ0v) is 14.7. The minimum absolute atomic E-state index is 0.152. The van der Waals surface area contributed by atoms with Crippen molar-refractivity contribution in [2.24, 2.45) is 4.99 Å². The molecule has 0 bridgehead atoms. The number of ether oxygens (including phenoxy) is 1. The molecule has 0 unspecified atom stereocenters. The van der Waals surface area contributed by atoms with Crippen molar-refractivity contribution in [1.82, 2.24) is 5.32 Å². The zero-order chi connectivity index (χ0) is 17.1. The van der Waals surface area contributed by atoms with Gasteiger partial charge in [0.05, 0.1) is 17.7 Å². The molecule has 1 aliphatic rings. The first-order valence-electron chi connectivity index (χ1n) is 7.25. The second-order valence-electron chi connectivity index (χ2n) is 5.19. The standard InChI is InChI=1S/C18H15ClN2O2S/c1-11-9-13(19)5-8-15(11)20-18-21-17(22)16(24-18)10-12-3-6-14(23-2)7-4-12/h3-10H,1-2H3,(H,20,21,22)/b16-10-. The second-order valence-corrected chi connectivity index (χ2v) is 6.65. The molecule has 6 heteroatoms. The summed E-state index contributed by atoms with van der Waals surface area (Å²) in [5.41, 5.74) is 2.67. The van der Waals surface area contributed by atoms with E-state index in [1.54, 1.807) is 13.2 Å². The molecular weight excluding hydrogens is 344 g/mol. The van der Waals surface area contributed by atoms with E-state index in [0.29, 0.717) is 15.1 Å². The second kappa shape index (κ2) is 7.11. The fraction of sp³-hybridized carbons (Fsp3) is 0.111. The number of benzene rings is 2. The number of methoxy groups -OCH3 is 1. The molecule has 2 aromatic carbocycles. The molecule has 0 saturated carbocycles. The third kappa shape index (κ3) is 3.80. The highest BCUT2D eigenvalue weighted by Crippen LogP contribution is 2.30. The van der Waals surface area contributed by atoms with E-state index in [1.807, 2.05) is 49.4 Å². The van der Waals surface area contributed by atoms with Gasteiger partial charge in [-0.3, -0.25) is 4.79 Å². The topological polar surface area (TPSA) is 50.7 Å². The fourth-order valence-corrected chi connectivity index (χ4v) is 3.25. The fourth-order valence-electron chi connectivity index (χ4n) is 2.19. The molecule has 4 nitrogen and oxygen atoms in total. The Morgan fingerprint density at radius 2 is 1.96 bits per heavy atom. The van der Waals surface area contributed by atoms with Crippen molar-refractivity contribution >= 4 is 46.2 Å². The molecule has 122 valence electrons. The number of aryl methyl sites for hydroxylation is 1. The molecule has 1 fully saturated rings. The third-order valence-electron chi connectivity index (χ3n) is 3.45. The highest BCUT2D eigenvalue weighted by Gasteiger charge is 2.23. The minimum atomic E-state index is -0.152. The van der Waals surface area contributed by atoms with Crippen molar-refractivity contribution < 1.29 is 9.53 Å². The van der Waals surface area contributed by atoms with Crippen LogP contribution in [0.2, 0.25) is 5.02 Å². The maximum absolute atomic E-state index is 12.1. The molecule has 1 aliphatic heterocycles. The Hall–Kier alpha value is -2.24. The van der Waals surface area contributed by atoms with E-state index in [1.165, 1.54) is 11.8 Å². The van der Waals surface area contributed by atoms with E-state index < -0.39 is 0 Å². The van der Waals surface area contributed by atoms with Gasteiger partial charge in [-0.1, -0.05) is 23.7 Å². The number of thioether (sulfide) groups is 1. The van der Waals surface area contributed by atoms with Crippen molar-refractivity contribution in [3.63, 3.8) is 0 Å². The van der Waals surface area contributed by atoms with Crippen LogP contribution in [0.4, 0.5) is 5.69 Å². The molecule has 24 heavy (non-hydrogen) atoms. The molecule has 0 aromatic heterocycles. The molecule has 0 spiro atoms. The highest BCUT2D eigenvalue weighted by atomic mass is 35.5. The van der Waals surface area contributed by atoms with E-state index in [4.69, 9.17) is 16.3 Å². The van der Waals surface area contributed by atoms with Crippen LogP contribution in [-0.4, -0.2) is 18.2 Å². The van der Waals surface area contributed by atoms with Gasteiger partial charge in [0, 0.05) is 5.02 Å². The van der Waals surface area contributed by atoms with Crippen molar-refractivity contribution in [3.05, 3.63) is 63.5 Å². The lowest BCUT2D eigenvalue weighted by atomic mass is 10.2. The highest BCUT2D eigenvalue weighted by molar-refractivity contribution is 8.18. The van der Waals surface area contributed by atoms with E-state index in [9.17, 15) is 4.79 Å². The smallest absolute Gasteiger partial charge is 0.264 e. The predicted molar refractivity (Wildman–Crippen MR) is 100.0 cm³/mol. The maximum atomic E-state index is 12.1. The van der Waals surface area contributed by atoms with Gasteiger partial charge in [-0.15, -0.1) is 0 Å². The maximum Gasteiger partial charge on any atom is 0.264 e. The van der Waals surface area contributed by atoms with Crippen LogP contribution in [0, 0.1) is 6.92 Å². The van der Waals surface area contributed by atoms with Crippen LogP contribution < -0.4 is 10.1 Å². The number of hydrogen-bond donors (Lipinski definition) is 1. The Bertz CT molecular complexity index is 845. The van der Waals surface area contributed by atoms with Crippen LogP contribution in [0.25, 0.3) is 6.08 Å². The van der Waals surface area contributed by atoms with Crippen molar-refractivity contribution in [1.29, 1.82) is 0 Å². The van der Waals surface area contributed by atoms with Crippen molar-refractivity contribution in [2.75, 3.05) is 7.11 Å². The van der Waals surface area contributed by atoms with Gasteiger partial charge in [0.2, 0.25) is 0 Å². The number of rotatable bonds is 3. The van der Waals surface area contributed by atoms with E-state index in [0.717, 1.165) is 22.6 Å². The molecule has 1 amide bonds. The van der Waals surface area contributed by atoms with Gasteiger partial charge in [-0.05, 0) is 66.2 Å². The lowest BCUT2D eigenvalue weighted by molar-refractivity contribution is -0.115. The number of amidine groups is 1. The Morgan fingerprint density at radius 3 is 2.62 bits per heavy atom. The zero-order valence-electron chi connectivity index (χ0n) is 13.2. The molecule has 0 atom stereocenters. The van der Waals surface area contributed by atoms with E-state index in [-0.39, 0.29) is 5.91 Å². The Morgan fingerprint density at radius 1 is 1.21 bits per heavy atom. The van der Waals surface area contributed by atoms with Gasteiger partial charge in [0.25, 0.3) is 5.91 Å². The van der Waals surface area contributed by atoms with Crippen LogP contribution in [0.3, 0.4) is 0 Å². The first-order chi connectivity index (χ1) is 11.5. The first-order valence-corrected chi connectivity index (χ1v) is 8.44. The number of carbonyl (C=O) groups is 1. The van der Waals surface area contributed by atoms with Crippen LogP contribution in [-0.2, 0) is 4.79 Å². The summed E-state index contributed by atoms with van der Waals surface area (Å²) < 4.78 is 5.13. The number of carbonyl (C=O) groups excluding carboxylic acids is 1. The minimum Gasteiger partial charge on any atom is -0.497 e. The average molecular weight is 359 g/mol. The largest absolute Gasteiger partial charge is 0.497 e. The molecule has 2 aromatic rings. The number of nitrogens with one attached hydrogen (secondary N) is 1. The molecule has 0 aliphatic carbocycles. The van der Waals surface area contributed by atoms with Gasteiger partial charge in [-0.2, -0.15) is 0 Å². The summed E-state index contributed by atoms with van der Waals surface area (Å²) in [5.74, 6) is 0.627. The first kappa shape index (κ1) is 16.6. The number of halogens is 1. The van der Waals surface area contributed by atoms with Gasteiger partial charge >= 0.3 is 0 Å². The quantitative estimate of drug-likeness (QED) is 0.819. The van der Waals surface area contributed by atoms with E-state index >= 15 is 0 Å². The third-order valence-corrected chi connectivity index (χ3v) is 4.59. The Labute approximate surface area is 149 Å². The molecule has 3 rings (SSSR count). The number of amides is 1. The van der Waals surface area contributed by atoms with Gasteiger partial charge < -0.3 is 10.1 Å². The lowest BCUT2D eigenvalue weighted by Gasteiger charge is -2.01. The Kier molecular flexibility index (Phi) is 4.92. The number of hydrogen-bond acceptors (Lipinski definition) is 4. The summed E-state index contributed by atoms with van der Waals surface area (Å²) in [7, 11) is 1.62. The SMILES string of the molecule is COc1ccc(/C=C2\SC(=Nc3ccc(Cl)cc3C)NC2=O)cc1. The van der Waals surface area contributed by atoms with Gasteiger partial charge in [0.1, 0.15) is 5.75 Å². The van der Waals surface area contributed by atoms with Crippen LogP contribution in [0.15, 0.2) is 52.4 Å². The van der Waals surface area contributed by atoms with Gasteiger partial charge in [0.15, 0.2) is 5.17 Å². The summed E-state index contributed by atoms with van der Waals surface area (Å²) in [5, 5.41) is 4.01. The summed E-state index contributed by atoms with van der Waals surface area (Å²) >= 11 is 7.27. The summed E-state index contributed by atoms with van der Waals surface area (Å²) in [6, 6.07) is 13.0. The van der Waals surface area contributed by atoms with Gasteiger partial charge in [-0.25, -0.2) is 4.99 Å². The van der Waals surface area contributed by atoms with Crippen LogP contribution >= 0.6 is 23.4 Å². The lowest BCUT2D eigenvalue weighted by Crippen LogP contribution is -2.19. The molecule has 1 saturated heterocycles. The molecule has 1 heterocycles. The molecular formula is C18H15ClN2O2S. The normalized spacial score (nSPS) is 17.4. The summed E-state index contributed by atoms with van der Waals surface area (Å²) in [6.07, 6.45) is 1.83. The predicted octanol–water partition coefficient (Wildman–Crippen LogP) is 4.55. The summed E-state index contributed by atoms with van der Waals surface area (Å²) in [6.45, 7) is 1.93. The summed E-state index contributed by atoms with van der Waals surface area (Å²) in [4.78, 5) is 17.2. The monoisotopic (exact) mass is 358 g/mol. The van der Waals surface area contributed by atoms with Crippen LogP contribution in [0.1, 0.15) is 11.1 Å². The average Bonchev–Trinajstić information content (AvgIpc) is 2.90. The van der Waals surface area contributed by atoms with Crippen molar-refractivity contribution in [3.8, 4) is 5.75 Å². The number of nitrogens with zero attached hydrogens (tertiary/aromatic N) is 1. The molecule has 0 radical (unpaired) electrons. The van der Waals surface area contributed by atoms with Crippen LogP contribution in [0.5, 0.6) is 5.75 Å². The van der Waals surface area contributed by atoms with Crippen molar-refractivity contribution in [2.45, 2.75) is 6.92 Å². The Balaban J connectivity index is 1.82. The number of aliphatic imine (C=N–C) groups is 1.